The zero-order valence-corrected chi connectivity index (χ0v) is 7.21. The van der Waals surface area contributed by atoms with Gasteiger partial charge in [0.15, 0.2) is 0 Å². The Balaban J connectivity index is 2.74. The second-order valence-electron chi connectivity index (χ2n) is 1.97. The molecule has 0 aliphatic carbocycles. The molecule has 0 atom stereocenters. The van der Waals surface area contributed by atoms with E-state index in [0.29, 0.717) is 10.3 Å². The number of carbonyl (C=O) groups excluding carboxylic acids is 1. The number of halogens is 1. The van der Waals surface area contributed by atoms with Gasteiger partial charge in [-0.25, -0.2) is 4.98 Å². The molecule has 58 valence electrons. The fraction of sp³-hybridized carbons (Fsp3) is 0.167. The predicted molar refractivity (Wildman–Crippen MR) is 42.6 cm³/mol. The van der Waals surface area contributed by atoms with Gasteiger partial charge in [-0.3, -0.25) is 9.78 Å². The molecule has 0 radical (unpaired) electrons. The van der Waals surface area contributed by atoms with Crippen molar-refractivity contribution in [1.82, 2.24) is 9.97 Å². The molecule has 0 bridgehead atoms. The Kier molecular flexibility index (Phi) is 2.53. The van der Waals surface area contributed by atoms with Gasteiger partial charge in [0.1, 0.15) is 4.60 Å². The fourth-order valence-electron chi connectivity index (χ4n) is 0.609. The summed E-state index contributed by atoms with van der Waals surface area (Å²) in [5.74, 6) is -0.401. The van der Waals surface area contributed by atoms with Crippen LogP contribution in [-0.2, 0) is 11.2 Å². The van der Waals surface area contributed by atoms with Crippen molar-refractivity contribution in [3.05, 3.63) is 22.7 Å². The minimum Gasteiger partial charge on any atom is -0.369 e. The maximum absolute atomic E-state index is 10.4. The van der Waals surface area contributed by atoms with Crippen LogP contribution in [0.3, 0.4) is 0 Å². The van der Waals surface area contributed by atoms with Crippen molar-refractivity contribution < 1.29 is 4.79 Å². The fourth-order valence-corrected chi connectivity index (χ4v) is 0.814. The quantitative estimate of drug-likeness (QED) is 0.771. The molecule has 0 unspecified atom stereocenters. The van der Waals surface area contributed by atoms with Crippen LogP contribution in [0.5, 0.6) is 0 Å². The van der Waals surface area contributed by atoms with E-state index >= 15 is 0 Å². The smallest absolute Gasteiger partial charge is 0.223 e. The highest BCUT2D eigenvalue weighted by Crippen LogP contribution is 2.02. The van der Waals surface area contributed by atoms with Gasteiger partial charge in [0, 0.05) is 0 Å². The largest absolute Gasteiger partial charge is 0.369 e. The SMILES string of the molecule is NC(=O)Cc1cnc(Br)cn1. The van der Waals surface area contributed by atoms with E-state index in [1.54, 1.807) is 0 Å². The van der Waals surface area contributed by atoms with Gasteiger partial charge in [-0.15, -0.1) is 0 Å². The topological polar surface area (TPSA) is 68.9 Å². The predicted octanol–water partition coefficient (Wildman–Crippen LogP) is 0.267. The first kappa shape index (κ1) is 8.13. The van der Waals surface area contributed by atoms with Gasteiger partial charge in [0.25, 0.3) is 0 Å². The Bertz CT molecular complexity index is 259. The number of amides is 1. The molecule has 0 fully saturated rings. The van der Waals surface area contributed by atoms with E-state index < -0.39 is 5.91 Å². The Morgan fingerprint density at radius 1 is 1.55 bits per heavy atom. The third-order valence-electron chi connectivity index (χ3n) is 1.03. The van der Waals surface area contributed by atoms with E-state index in [4.69, 9.17) is 5.73 Å². The summed E-state index contributed by atoms with van der Waals surface area (Å²) in [6.45, 7) is 0. The summed E-state index contributed by atoms with van der Waals surface area (Å²) in [6, 6.07) is 0. The second-order valence-corrected chi connectivity index (χ2v) is 2.79. The average molecular weight is 216 g/mol. The molecule has 1 amide bonds. The van der Waals surface area contributed by atoms with Crippen LogP contribution in [-0.4, -0.2) is 15.9 Å². The molecule has 0 spiro atoms. The normalized spacial score (nSPS) is 9.55. The van der Waals surface area contributed by atoms with Gasteiger partial charge < -0.3 is 5.73 Å². The molecule has 0 saturated carbocycles. The lowest BCUT2D eigenvalue weighted by atomic mass is 10.3. The number of hydrogen-bond acceptors (Lipinski definition) is 3. The number of aromatic nitrogens is 2. The van der Waals surface area contributed by atoms with Crippen LogP contribution < -0.4 is 5.73 Å². The van der Waals surface area contributed by atoms with Crippen molar-refractivity contribution in [2.24, 2.45) is 5.73 Å². The van der Waals surface area contributed by atoms with Crippen LogP contribution in [0.1, 0.15) is 5.69 Å². The van der Waals surface area contributed by atoms with Gasteiger partial charge >= 0.3 is 0 Å². The monoisotopic (exact) mass is 215 g/mol. The zero-order chi connectivity index (χ0) is 8.27. The van der Waals surface area contributed by atoms with Crippen LogP contribution in [0.4, 0.5) is 0 Å². The lowest BCUT2D eigenvalue weighted by molar-refractivity contribution is -0.117. The molecule has 2 N–H and O–H groups in total. The molecule has 1 aromatic rings. The van der Waals surface area contributed by atoms with Crippen molar-refractivity contribution in [3.8, 4) is 0 Å². The molecule has 11 heavy (non-hydrogen) atoms. The number of carbonyl (C=O) groups is 1. The van der Waals surface area contributed by atoms with Gasteiger partial charge in [0.2, 0.25) is 5.91 Å². The minimum absolute atomic E-state index is 0.139. The molecule has 0 aliphatic rings. The first-order chi connectivity index (χ1) is 5.18. The van der Waals surface area contributed by atoms with E-state index in [1.807, 2.05) is 0 Å². The lowest BCUT2D eigenvalue weighted by Crippen LogP contribution is -2.14. The Morgan fingerprint density at radius 3 is 2.73 bits per heavy atom. The van der Waals surface area contributed by atoms with Crippen molar-refractivity contribution in [2.45, 2.75) is 6.42 Å². The maximum atomic E-state index is 10.4. The summed E-state index contributed by atoms with van der Waals surface area (Å²) in [4.78, 5) is 18.2. The van der Waals surface area contributed by atoms with Crippen LogP contribution in [0, 0.1) is 0 Å². The number of hydrogen-bond donors (Lipinski definition) is 1. The summed E-state index contributed by atoms with van der Waals surface area (Å²) < 4.78 is 0.644. The van der Waals surface area contributed by atoms with Crippen LogP contribution in [0.15, 0.2) is 17.0 Å². The molecule has 0 saturated heterocycles. The molecule has 0 aromatic carbocycles. The first-order valence-corrected chi connectivity index (χ1v) is 3.72. The lowest BCUT2D eigenvalue weighted by Gasteiger charge is -1.94. The number of primary amides is 1. The van der Waals surface area contributed by atoms with Crippen molar-refractivity contribution >= 4 is 21.8 Å². The zero-order valence-electron chi connectivity index (χ0n) is 5.62. The minimum atomic E-state index is -0.401. The number of nitrogens with two attached hydrogens (primary N) is 1. The van der Waals surface area contributed by atoms with Crippen LogP contribution in [0.2, 0.25) is 0 Å². The number of nitrogens with zero attached hydrogens (tertiary/aromatic N) is 2. The van der Waals surface area contributed by atoms with Crippen molar-refractivity contribution in [3.63, 3.8) is 0 Å². The molecule has 5 heteroatoms. The summed E-state index contributed by atoms with van der Waals surface area (Å²) in [5, 5.41) is 0. The molecular formula is C6H6BrN3O. The third-order valence-corrected chi connectivity index (χ3v) is 1.44. The summed E-state index contributed by atoms with van der Waals surface area (Å²) in [7, 11) is 0. The molecule has 0 aliphatic heterocycles. The molecule has 1 aromatic heterocycles. The average Bonchev–Trinajstić information content (AvgIpc) is 1.93. The van der Waals surface area contributed by atoms with Crippen molar-refractivity contribution in [2.75, 3.05) is 0 Å². The van der Waals surface area contributed by atoms with Gasteiger partial charge in [-0.05, 0) is 15.9 Å². The molecule has 1 heterocycles. The van der Waals surface area contributed by atoms with Crippen molar-refractivity contribution in [1.29, 1.82) is 0 Å². The van der Waals surface area contributed by atoms with Gasteiger partial charge in [-0.1, -0.05) is 0 Å². The molecular weight excluding hydrogens is 210 g/mol. The van der Waals surface area contributed by atoms with E-state index in [-0.39, 0.29) is 6.42 Å². The highest BCUT2D eigenvalue weighted by Gasteiger charge is 1.98. The Labute approximate surface area is 72.0 Å². The third kappa shape index (κ3) is 2.63. The highest BCUT2D eigenvalue weighted by atomic mass is 79.9. The summed E-state index contributed by atoms with van der Waals surface area (Å²) >= 11 is 3.12. The summed E-state index contributed by atoms with van der Waals surface area (Å²) in [6.07, 6.45) is 3.17. The highest BCUT2D eigenvalue weighted by molar-refractivity contribution is 9.10. The van der Waals surface area contributed by atoms with Crippen LogP contribution >= 0.6 is 15.9 Å². The van der Waals surface area contributed by atoms with Gasteiger partial charge in [-0.2, -0.15) is 0 Å². The second kappa shape index (κ2) is 3.43. The van der Waals surface area contributed by atoms with E-state index in [0.717, 1.165) is 0 Å². The maximum Gasteiger partial charge on any atom is 0.223 e. The van der Waals surface area contributed by atoms with E-state index in [1.165, 1.54) is 12.4 Å². The van der Waals surface area contributed by atoms with E-state index in [2.05, 4.69) is 25.9 Å². The molecule has 1 rings (SSSR count). The Morgan fingerprint density at radius 2 is 2.27 bits per heavy atom. The number of rotatable bonds is 2. The van der Waals surface area contributed by atoms with Gasteiger partial charge in [0.05, 0.1) is 24.5 Å². The standard InChI is InChI=1S/C6H6BrN3O/c7-5-3-9-4(2-10-5)1-6(8)11/h2-3H,1H2,(H2,8,11). The first-order valence-electron chi connectivity index (χ1n) is 2.93. The molecule has 4 nitrogen and oxygen atoms in total. The van der Waals surface area contributed by atoms with Crippen LogP contribution in [0.25, 0.3) is 0 Å². The summed E-state index contributed by atoms with van der Waals surface area (Å²) in [5.41, 5.74) is 5.53. The van der Waals surface area contributed by atoms with E-state index in [9.17, 15) is 4.79 Å². The Hall–Kier alpha value is -0.970.